The van der Waals surface area contributed by atoms with Crippen molar-refractivity contribution in [1.29, 1.82) is 5.26 Å². The van der Waals surface area contributed by atoms with Crippen LogP contribution >= 0.6 is 0 Å². The zero-order chi connectivity index (χ0) is 22.4. The summed E-state index contributed by atoms with van der Waals surface area (Å²) in [5, 5.41) is 12.1. The average molecular weight is 442 g/mol. The monoisotopic (exact) mass is 441 g/mol. The van der Waals surface area contributed by atoms with E-state index in [4.69, 9.17) is 4.74 Å². The van der Waals surface area contributed by atoms with E-state index in [9.17, 15) is 18.5 Å². The van der Waals surface area contributed by atoms with Gasteiger partial charge in [-0.2, -0.15) is 9.57 Å². The lowest BCUT2D eigenvalue weighted by Crippen LogP contribution is -2.43. The highest BCUT2D eigenvalue weighted by Gasteiger charge is 2.33. The lowest BCUT2D eigenvalue weighted by Gasteiger charge is -2.30. The molecule has 7 nitrogen and oxygen atoms in total. The zero-order valence-electron chi connectivity index (χ0n) is 17.8. The molecule has 1 aliphatic heterocycles. The Labute approximate surface area is 183 Å². The summed E-state index contributed by atoms with van der Waals surface area (Å²) in [6, 6.07) is 14.1. The van der Waals surface area contributed by atoms with Crippen molar-refractivity contribution in [2.45, 2.75) is 31.6 Å². The highest BCUT2D eigenvalue weighted by atomic mass is 32.2. The third-order valence-electron chi connectivity index (χ3n) is 5.44. The molecule has 1 amide bonds. The van der Waals surface area contributed by atoms with E-state index in [1.165, 1.54) is 22.0 Å². The number of carbonyl (C=O) groups is 1. The Morgan fingerprint density at radius 1 is 1.19 bits per heavy atom. The van der Waals surface area contributed by atoms with Gasteiger partial charge in [-0.1, -0.05) is 29.8 Å². The first kappa shape index (κ1) is 22.8. The number of piperidine rings is 1. The minimum atomic E-state index is -3.75. The van der Waals surface area contributed by atoms with E-state index in [2.05, 4.69) is 5.32 Å². The Hall–Kier alpha value is -2.89. The first-order valence-electron chi connectivity index (χ1n) is 10.3. The third-order valence-corrected chi connectivity index (χ3v) is 7.40. The predicted molar refractivity (Wildman–Crippen MR) is 117 cm³/mol. The van der Waals surface area contributed by atoms with E-state index in [1.807, 2.05) is 38.1 Å². The topological polar surface area (TPSA) is 99.5 Å². The van der Waals surface area contributed by atoms with Crippen molar-refractivity contribution in [2.24, 2.45) is 5.92 Å². The summed E-state index contributed by atoms with van der Waals surface area (Å²) >= 11 is 0. The molecule has 3 rings (SSSR count). The molecule has 0 bridgehead atoms. The molecule has 0 saturated carbocycles. The van der Waals surface area contributed by atoms with E-state index in [0.29, 0.717) is 26.0 Å². The molecule has 1 saturated heterocycles. The van der Waals surface area contributed by atoms with Crippen molar-refractivity contribution in [2.75, 3.05) is 26.2 Å². The molecule has 31 heavy (non-hydrogen) atoms. The maximum atomic E-state index is 12.9. The normalized spacial score (nSPS) is 15.3. The molecule has 1 heterocycles. The average Bonchev–Trinajstić information content (AvgIpc) is 2.77. The molecule has 0 radical (unpaired) electrons. The summed E-state index contributed by atoms with van der Waals surface area (Å²) in [7, 11) is -3.75. The summed E-state index contributed by atoms with van der Waals surface area (Å²) in [6.45, 7) is 5.26. The number of benzene rings is 2. The number of sulfonamides is 1. The summed E-state index contributed by atoms with van der Waals surface area (Å²) in [5.41, 5.74) is 2.35. The quantitative estimate of drug-likeness (QED) is 0.666. The molecular weight excluding hydrogens is 414 g/mol. The van der Waals surface area contributed by atoms with Crippen LogP contribution in [0.4, 0.5) is 0 Å². The molecule has 1 aliphatic rings. The Bertz CT molecular complexity index is 1080. The second-order valence-electron chi connectivity index (χ2n) is 7.69. The lowest BCUT2D eigenvalue weighted by atomic mass is 9.97. The predicted octanol–water partition coefficient (Wildman–Crippen LogP) is 2.77. The molecule has 8 heteroatoms. The standard InChI is InChI=1S/C23H27N3O4S/c1-17-7-8-21(18(2)15-17)30-14-11-25-23(27)19-9-12-26(13-10-19)31(28,29)22-6-4-3-5-20(22)16-24/h3-8,15,19H,9-14H2,1-2H3,(H,25,27). The van der Waals surface area contributed by atoms with Gasteiger partial charge < -0.3 is 10.1 Å². The van der Waals surface area contributed by atoms with Gasteiger partial charge in [0.15, 0.2) is 0 Å². The summed E-state index contributed by atoms with van der Waals surface area (Å²) in [4.78, 5) is 12.5. The van der Waals surface area contributed by atoms with Crippen molar-refractivity contribution in [3.63, 3.8) is 0 Å². The van der Waals surface area contributed by atoms with Gasteiger partial charge in [0, 0.05) is 19.0 Å². The lowest BCUT2D eigenvalue weighted by molar-refractivity contribution is -0.126. The van der Waals surface area contributed by atoms with Gasteiger partial charge >= 0.3 is 0 Å². The van der Waals surface area contributed by atoms with E-state index in [1.54, 1.807) is 12.1 Å². The Balaban J connectivity index is 1.48. The van der Waals surface area contributed by atoms with Crippen molar-refractivity contribution < 1.29 is 17.9 Å². The number of nitrogens with zero attached hydrogens (tertiary/aromatic N) is 2. The fourth-order valence-electron chi connectivity index (χ4n) is 3.72. The summed E-state index contributed by atoms with van der Waals surface area (Å²) < 4.78 is 32.9. The molecule has 0 atom stereocenters. The van der Waals surface area contributed by atoms with Crippen LogP contribution in [0.1, 0.15) is 29.5 Å². The van der Waals surface area contributed by atoms with Gasteiger partial charge in [-0.25, -0.2) is 8.42 Å². The Morgan fingerprint density at radius 3 is 2.58 bits per heavy atom. The van der Waals surface area contributed by atoms with Gasteiger partial charge in [0.2, 0.25) is 15.9 Å². The highest BCUT2D eigenvalue weighted by Crippen LogP contribution is 2.25. The largest absolute Gasteiger partial charge is 0.491 e. The molecule has 0 aromatic heterocycles. The second-order valence-corrected chi connectivity index (χ2v) is 9.60. The smallest absolute Gasteiger partial charge is 0.244 e. The molecule has 1 fully saturated rings. The summed E-state index contributed by atoms with van der Waals surface area (Å²) in [5.74, 6) is 0.480. The maximum Gasteiger partial charge on any atom is 0.244 e. The number of hydrogen-bond donors (Lipinski definition) is 1. The molecule has 2 aromatic carbocycles. The van der Waals surface area contributed by atoms with Gasteiger partial charge in [-0.15, -0.1) is 0 Å². The molecule has 164 valence electrons. The third kappa shape index (κ3) is 5.43. The second kappa shape index (κ2) is 9.94. The number of amides is 1. The van der Waals surface area contributed by atoms with Gasteiger partial charge in [0.25, 0.3) is 0 Å². The van der Waals surface area contributed by atoms with Gasteiger partial charge in [0.05, 0.1) is 17.0 Å². The number of nitriles is 1. The molecule has 2 aromatic rings. The fourth-order valence-corrected chi connectivity index (χ4v) is 5.33. The van der Waals surface area contributed by atoms with Crippen LogP contribution in [0, 0.1) is 31.1 Å². The number of nitrogens with one attached hydrogen (secondary N) is 1. The zero-order valence-corrected chi connectivity index (χ0v) is 18.6. The Morgan fingerprint density at radius 2 is 1.90 bits per heavy atom. The molecule has 0 spiro atoms. The van der Waals surface area contributed by atoms with Crippen LogP contribution in [0.3, 0.4) is 0 Å². The molecule has 1 N–H and O–H groups in total. The van der Waals surface area contributed by atoms with Crippen molar-refractivity contribution in [3.8, 4) is 11.8 Å². The maximum absolute atomic E-state index is 12.9. The molecule has 0 aliphatic carbocycles. The summed E-state index contributed by atoms with van der Waals surface area (Å²) in [6.07, 6.45) is 0.884. The van der Waals surface area contributed by atoms with Gasteiger partial charge in [0.1, 0.15) is 18.4 Å². The number of hydrogen-bond acceptors (Lipinski definition) is 5. The van der Waals surface area contributed by atoms with E-state index in [0.717, 1.165) is 11.3 Å². The van der Waals surface area contributed by atoms with Crippen LogP contribution in [0.2, 0.25) is 0 Å². The molecular formula is C23H27N3O4S. The first-order valence-corrected chi connectivity index (χ1v) is 11.7. The number of aryl methyl sites for hydroxylation is 2. The SMILES string of the molecule is Cc1ccc(OCCNC(=O)C2CCN(S(=O)(=O)c3ccccc3C#N)CC2)c(C)c1. The Kier molecular flexibility index (Phi) is 7.31. The van der Waals surface area contributed by atoms with Crippen molar-refractivity contribution >= 4 is 15.9 Å². The number of carbonyl (C=O) groups excluding carboxylic acids is 1. The van der Waals surface area contributed by atoms with Crippen molar-refractivity contribution in [1.82, 2.24) is 9.62 Å². The minimum Gasteiger partial charge on any atom is -0.491 e. The highest BCUT2D eigenvalue weighted by molar-refractivity contribution is 7.89. The van der Waals surface area contributed by atoms with Crippen LogP contribution < -0.4 is 10.1 Å². The molecule has 0 unspecified atom stereocenters. The van der Waals surface area contributed by atoms with Gasteiger partial charge in [-0.05, 0) is 50.5 Å². The van der Waals surface area contributed by atoms with E-state index >= 15 is 0 Å². The van der Waals surface area contributed by atoms with E-state index < -0.39 is 10.0 Å². The number of rotatable bonds is 7. The van der Waals surface area contributed by atoms with Crippen LogP contribution in [-0.2, 0) is 14.8 Å². The van der Waals surface area contributed by atoms with Crippen LogP contribution in [0.25, 0.3) is 0 Å². The fraction of sp³-hybridized carbons (Fsp3) is 0.391. The van der Waals surface area contributed by atoms with Gasteiger partial charge in [-0.3, -0.25) is 4.79 Å². The van der Waals surface area contributed by atoms with Crippen LogP contribution in [-0.4, -0.2) is 44.9 Å². The van der Waals surface area contributed by atoms with Crippen LogP contribution in [0.15, 0.2) is 47.4 Å². The van der Waals surface area contributed by atoms with Crippen molar-refractivity contribution in [3.05, 3.63) is 59.2 Å². The minimum absolute atomic E-state index is 0.0175. The number of ether oxygens (including phenoxy) is 1. The van der Waals surface area contributed by atoms with Crippen LogP contribution in [0.5, 0.6) is 5.75 Å². The van der Waals surface area contributed by atoms with E-state index in [-0.39, 0.29) is 35.4 Å². The first-order chi connectivity index (χ1) is 14.8.